The molecule has 0 saturated heterocycles. The third kappa shape index (κ3) is 2.08. The summed E-state index contributed by atoms with van der Waals surface area (Å²) in [6.07, 6.45) is 1.46. The molecule has 78 valence electrons. The molecule has 0 aliphatic heterocycles. The van der Waals surface area contributed by atoms with Gasteiger partial charge in [-0.3, -0.25) is 0 Å². The lowest BCUT2D eigenvalue weighted by Crippen LogP contribution is -2.21. The van der Waals surface area contributed by atoms with Crippen LogP contribution in [0.25, 0.3) is 0 Å². The van der Waals surface area contributed by atoms with Crippen molar-refractivity contribution in [2.75, 3.05) is 0 Å². The van der Waals surface area contributed by atoms with Crippen LogP contribution < -0.4 is 0 Å². The molecule has 0 radical (unpaired) electrons. The zero-order chi connectivity index (χ0) is 10.2. The standard InChI is InChI=1S/C13H26/c1-8(2)10(4)13-7-9(3)11(5)12(13)6/h8-13H,7H2,1-6H3. The second-order valence-electron chi connectivity index (χ2n) is 5.70. The summed E-state index contributed by atoms with van der Waals surface area (Å²) in [5.41, 5.74) is 0. The van der Waals surface area contributed by atoms with Crippen LogP contribution in [0.4, 0.5) is 0 Å². The van der Waals surface area contributed by atoms with Crippen LogP contribution in [0, 0.1) is 35.5 Å². The van der Waals surface area contributed by atoms with Crippen molar-refractivity contribution in [2.24, 2.45) is 35.5 Å². The highest BCUT2D eigenvalue weighted by Crippen LogP contribution is 2.45. The molecule has 0 bridgehead atoms. The first kappa shape index (κ1) is 11.1. The smallest absolute Gasteiger partial charge is 0.0355 e. The van der Waals surface area contributed by atoms with Gasteiger partial charge >= 0.3 is 0 Å². The Morgan fingerprint density at radius 2 is 1.46 bits per heavy atom. The number of hydrogen-bond acceptors (Lipinski definition) is 0. The summed E-state index contributed by atoms with van der Waals surface area (Å²) in [4.78, 5) is 0. The maximum absolute atomic E-state index is 2.46. The average molecular weight is 182 g/mol. The summed E-state index contributed by atoms with van der Waals surface area (Å²) < 4.78 is 0. The predicted octanol–water partition coefficient (Wildman–Crippen LogP) is 4.21. The van der Waals surface area contributed by atoms with Gasteiger partial charge in [0.05, 0.1) is 0 Å². The van der Waals surface area contributed by atoms with Crippen molar-refractivity contribution in [3.05, 3.63) is 0 Å². The third-order valence-corrected chi connectivity index (χ3v) is 4.77. The van der Waals surface area contributed by atoms with Gasteiger partial charge in [-0.1, -0.05) is 41.5 Å². The Bertz CT molecular complexity index is 155. The summed E-state index contributed by atoms with van der Waals surface area (Å²) in [5, 5.41) is 0. The molecule has 1 aliphatic rings. The van der Waals surface area contributed by atoms with Gasteiger partial charge < -0.3 is 0 Å². The second-order valence-corrected chi connectivity index (χ2v) is 5.70. The lowest BCUT2D eigenvalue weighted by molar-refractivity contribution is 0.215. The Kier molecular flexibility index (Phi) is 3.43. The Balaban J connectivity index is 2.62. The molecule has 1 fully saturated rings. The van der Waals surface area contributed by atoms with Crippen molar-refractivity contribution in [3.63, 3.8) is 0 Å². The average Bonchev–Trinajstić information content (AvgIpc) is 2.31. The van der Waals surface area contributed by atoms with Crippen LogP contribution >= 0.6 is 0 Å². The van der Waals surface area contributed by atoms with Crippen LogP contribution in [-0.4, -0.2) is 0 Å². The quantitative estimate of drug-likeness (QED) is 0.600. The molecule has 5 unspecified atom stereocenters. The highest BCUT2D eigenvalue weighted by molar-refractivity contribution is 4.87. The zero-order valence-electron chi connectivity index (χ0n) is 10.2. The third-order valence-electron chi connectivity index (χ3n) is 4.77. The molecule has 0 aromatic heterocycles. The first-order valence-corrected chi connectivity index (χ1v) is 5.95. The first-order chi connectivity index (χ1) is 5.95. The fourth-order valence-electron chi connectivity index (χ4n) is 2.95. The van der Waals surface area contributed by atoms with Gasteiger partial charge in [0.1, 0.15) is 0 Å². The maximum atomic E-state index is 2.46. The molecule has 0 amide bonds. The highest BCUT2D eigenvalue weighted by atomic mass is 14.4. The van der Waals surface area contributed by atoms with Gasteiger partial charge in [-0.25, -0.2) is 0 Å². The van der Waals surface area contributed by atoms with Crippen molar-refractivity contribution >= 4 is 0 Å². The molecule has 0 heteroatoms. The van der Waals surface area contributed by atoms with Crippen LogP contribution in [0.3, 0.4) is 0 Å². The van der Waals surface area contributed by atoms with Gasteiger partial charge in [-0.2, -0.15) is 0 Å². The Hall–Kier alpha value is 0. The van der Waals surface area contributed by atoms with Gasteiger partial charge in [-0.05, 0) is 41.9 Å². The summed E-state index contributed by atoms with van der Waals surface area (Å²) >= 11 is 0. The summed E-state index contributed by atoms with van der Waals surface area (Å²) in [7, 11) is 0. The van der Waals surface area contributed by atoms with Gasteiger partial charge in [0, 0.05) is 0 Å². The molecule has 1 saturated carbocycles. The molecule has 0 heterocycles. The lowest BCUT2D eigenvalue weighted by Gasteiger charge is -2.27. The van der Waals surface area contributed by atoms with Crippen LogP contribution in [-0.2, 0) is 0 Å². The van der Waals surface area contributed by atoms with Crippen molar-refractivity contribution in [3.8, 4) is 0 Å². The van der Waals surface area contributed by atoms with Gasteiger partial charge in [0.15, 0.2) is 0 Å². The van der Waals surface area contributed by atoms with E-state index in [2.05, 4.69) is 41.5 Å². The molecule has 5 atom stereocenters. The van der Waals surface area contributed by atoms with Crippen LogP contribution in [0.2, 0.25) is 0 Å². The van der Waals surface area contributed by atoms with E-state index >= 15 is 0 Å². The summed E-state index contributed by atoms with van der Waals surface area (Å²) in [6, 6.07) is 0. The topological polar surface area (TPSA) is 0 Å². The fourth-order valence-corrected chi connectivity index (χ4v) is 2.95. The van der Waals surface area contributed by atoms with Crippen molar-refractivity contribution in [2.45, 2.75) is 48.0 Å². The molecular weight excluding hydrogens is 156 g/mol. The Labute approximate surface area is 84.1 Å². The largest absolute Gasteiger partial charge is 0.0625 e. The van der Waals surface area contributed by atoms with Crippen molar-refractivity contribution in [1.82, 2.24) is 0 Å². The Morgan fingerprint density at radius 1 is 0.923 bits per heavy atom. The van der Waals surface area contributed by atoms with Crippen LogP contribution in [0.15, 0.2) is 0 Å². The maximum Gasteiger partial charge on any atom is -0.0355 e. The fraction of sp³-hybridized carbons (Fsp3) is 1.00. The molecule has 0 spiro atoms. The van der Waals surface area contributed by atoms with E-state index in [0.717, 1.165) is 35.5 Å². The van der Waals surface area contributed by atoms with E-state index in [1.807, 2.05) is 0 Å². The van der Waals surface area contributed by atoms with E-state index in [-0.39, 0.29) is 0 Å². The molecule has 0 aromatic carbocycles. The van der Waals surface area contributed by atoms with Gasteiger partial charge in [-0.15, -0.1) is 0 Å². The number of rotatable bonds is 2. The van der Waals surface area contributed by atoms with Crippen LogP contribution in [0.5, 0.6) is 0 Å². The minimum atomic E-state index is 0.852. The number of hydrogen-bond donors (Lipinski definition) is 0. The molecule has 0 nitrogen and oxygen atoms in total. The molecule has 0 aromatic rings. The monoisotopic (exact) mass is 182 g/mol. The van der Waals surface area contributed by atoms with E-state index in [9.17, 15) is 0 Å². The van der Waals surface area contributed by atoms with Gasteiger partial charge in [0.2, 0.25) is 0 Å². The Morgan fingerprint density at radius 3 is 1.77 bits per heavy atom. The van der Waals surface area contributed by atoms with Crippen LogP contribution in [0.1, 0.15) is 48.0 Å². The van der Waals surface area contributed by atoms with E-state index < -0.39 is 0 Å². The van der Waals surface area contributed by atoms with Crippen molar-refractivity contribution < 1.29 is 0 Å². The van der Waals surface area contributed by atoms with Crippen molar-refractivity contribution in [1.29, 1.82) is 0 Å². The SMILES string of the molecule is CC(C)C(C)C1CC(C)C(C)C1C. The van der Waals surface area contributed by atoms with E-state index in [4.69, 9.17) is 0 Å². The molecule has 0 N–H and O–H groups in total. The minimum absolute atomic E-state index is 0.852. The normalized spacial score (nSPS) is 42.7. The molecule has 13 heavy (non-hydrogen) atoms. The van der Waals surface area contributed by atoms with E-state index in [0.29, 0.717) is 0 Å². The first-order valence-electron chi connectivity index (χ1n) is 5.95. The lowest BCUT2D eigenvalue weighted by atomic mass is 9.78. The zero-order valence-corrected chi connectivity index (χ0v) is 10.2. The van der Waals surface area contributed by atoms with E-state index in [1.54, 1.807) is 0 Å². The molecule has 1 rings (SSSR count). The summed E-state index contributed by atoms with van der Waals surface area (Å²) in [6.45, 7) is 14.5. The van der Waals surface area contributed by atoms with E-state index in [1.165, 1.54) is 6.42 Å². The van der Waals surface area contributed by atoms with Gasteiger partial charge in [0.25, 0.3) is 0 Å². The highest BCUT2D eigenvalue weighted by Gasteiger charge is 2.38. The predicted molar refractivity (Wildman–Crippen MR) is 59.6 cm³/mol. The summed E-state index contributed by atoms with van der Waals surface area (Å²) in [5.74, 6) is 5.55. The minimum Gasteiger partial charge on any atom is -0.0625 e. The molecular formula is C13H26. The molecule has 1 aliphatic carbocycles. The second kappa shape index (κ2) is 4.02.